The molecule has 6 nitrogen and oxygen atoms in total. The molecule has 24 heavy (non-hydrogen) atoms. The maximum absolute atomic E-state index is 12.5. The second-order valence-corrected chi connectivity index (χ2v) is 6.42. The molecule has 126 valence electrons. The molecule has 0 spiro atoms. The molecule has 3 rings (SSSR count). The number of aromatic nitrogens is 2. The molecule has 0 radical (unpaired) electrons. The molecule has 1 saturated carbocycles. The highest BCUT2D eigenvalue weighted by atomic mass is 35.5. The first-order valence-corrected chi connectivity index (χ1v) is 8.19. The zero-order valence-electron chi connectivity index (χ0n) is 13.2. The van der Waals surface area contributed by atoms with Crippen molar-refractivity contribution in [3.05, 3.63) is 46.7 Å². The van der Waals surface area contributed by atoms with Crippen molar-refractivity contribution in [1.82, 2.24) is 15.1 Å². The third-order valence-corrected chi connectivity index (χ3v) is 4.73. The molecule has 0 saturated heterocycles. The fraction of sp³-hybridized carbons (Fsp3) is 0.353. The third kappa shape index (κ3) is 3.14. The van der Waals surface area contributed by atoms with Gasteiger partial charge in [0.15, 0.2) is 0 Å². The number of carboxylic acids is 1. The first-order chi connectivity index (χ1) is 11.5. The van der Waals surface area contributed by atoms with Gasteiger partial charge in [0.05, 0.1) is 29.1 Å². The minimum Gasteiger partial charge on any atom is -0.481 e. The lowest BCUT2D eigenvalue weighted by molar-refractivity contribution is -0.142. The van der Waals surface area contributed by atoms with Crippen LogP contribution in [0, 0.1) is 12.8 Å². The summed E-state index contributed by atoms with van der Waals surface area (Å²) in [7, 11) is 0. The first-order valence-electron chi connectivity index (χ1n) is 7.81. The summed E-state index contributed by atoms with van der Waals surface area (Å²) in [5.41, 5.74) is 1.95. The van der Waals surface area contributed by atoms with Crippen LogP contribution < -0.4 is 5.32 Å². The van der Waals surface area contributed by atoms with Crippen molar-refractivity contribution in [3.63, 3.8) is 0 Å². The number of carbonyl (C=O) groups excluding carboxylic acids is 1. The Bertz CT molecular complexity index is 770. The zero-order valence-corrected chi connectivity index (χ0v) is 14.0. The van der Waals surface area contributed by atoms with Gasteiger partial charge in [-0.3, -0.25) is 9.59 Å². The summed E-state index contributed by atoms with van der Waals surface area (Å²) in [6.07, 6.45) is 3.60. The van der Waals surface area contributed by atoms with Crippen LogP contribution in [0.3, 0.4) is 0 Å². The number of halogens is 1. The summed E-state index contributed by atoms with van der Waals surface area (Å²) >= 11 is 5.89. The van der Waals surface area contributed by atoms with E-state index < -0.39 is 11.9 Å². The molecule has 1 aromatic heterocycles. The summed E-state index contributed by atoms with van der Waals surface area (Å²) in [6.45, 7) is 1.81. The maximum Gasteiger partial charge on any atom is 0.308 e. The monoisotopic (exact) mass is 347 g/mol. The number of nitrogens with zero attached hydrogens (tertiary/aromatic N) is 2. The van der Waals surface area contributed by atoms with Crippen molar-refractivity contribution in [2.45, 2.75) is 32.2 Å². The second kappa shape index (κ2) is 6.65. The summed E-state index contributed by atoms with van der Waals surface area (Å²) in [6, 6.07) is 6.83. The van der Waals surface area contributed by atoms with Gasteiger partial charge in [-0.1, -0.05) is 18.0 Å². The molecule has 1 amide bonds. The SMILES string of the molecule is Cc1c(C(=O)N[C@@H]2CCC[C@@H]2C(=O)O)cnn1-c1ccc(Cl)cc1. The molecule has 0 bridgehead atoms. The van der Waals surface area contributed by atoms with Crippen molar-refractivity contribution >= 4 is 23.5 Å². The smallest absolute Gasteiger partial charge is 0.308 e. The van der Waals surface area contributed by atoms with E-state index in [-0.39, 0.29) is 11.9 Å². The highest BCUT2D eigenvalue weighted by molar-refractivity contribution is 6.30. The third-order valence-electron chi connectivity index (χ3n) is 4.48. The lowest BCUT2D eigenvalue weighted by atomic mass is 10.0. The second-order valence-electron chi connectivity index (χ2n) is 5.99. The Morgan fingerprint density at radius 2 is 2.00 bits per heavy atom. The lowest BCUT2D eigenvalue weighted by Crippen LogP contribution is -2.40. The van der Waals surface area contributed by atoms with Crippen molar-refractivity contribution < 1.29 is 14.7 Å². The average Bonchev–Trinajstić information content (AvgIpc) is 3.15. The molecule has 2 atom stereocenters. The number of carboxylic acid groups (broad SMARTS) is 1. The molecular weight excluding hydrogens is 330 g/mol. The molecule has 2 aromatic rings. The Labute approximate surface area is 144 Å². The van der Waals surface area contributed by atoms with E-state index in [1.54, 1.807) is 23.7 Å². The van der Waals surface area contributed by atoms with Gasteiger partial charge < -0.3 is 10.4 Å². The van der Waals surface area contributed by atoms with Crippen LogP contribution in [-0.4, -0.2) is 32.8 Å². The van der Waals surface area contributed by atoms with E-state index in [1.807, 2.05) is 12.1 Å². The summed E-state index contributed by atoms with van der Waals surface area (Å²) in [5.74, 6) is -1.65. The Morgan fingerprint density at radius 3 is 2.67 bits per heavy atom. The van der Waals surface area contributed by atoms with Gasteiger partial charge in [0.25, 0.3) is 5.91 Å². The molecule has 1 fully saturated rings. The Morgan fingerprint density at radius 1 is 1.29 bits per heavy atom. The normalized spacial score (nSPS) is 20.1. The predicted molar refractivity (Wildman–Crippen MR) is 89.5 cm³/mol. The van der Waals surface area contributed by atoms with Gasteiger partial charge in [0.2, 0.25) is 0 Å². The highest BCUT2D eigenvalue weighted by Gasteiger charge is 2.34. The van der Waals surface area contributed by atoms with Gasteiger partial charge in [0, 0.05) is 11.1 Å². The molecule has 1 aromatic carbocycles. The zero-order chi connectivity index (χ0) is 17.3. The van der Waals surface area contributed by atoms with E-state index >= 15 is 0 Å². The number of hydrogen-bond acceptors (Lipinski definition) is 3. The number of nitrogens with one attached hydrogen (secondary N) is 1. The van der Waals surface area contributed by atoms with E-state index in [1.165, 1.54) is 6.20 Å². The standard InChI is InChI=1S/C17H18ClN3O3/c1-10-14(9-19-21(10)12-7-5-11(18)6-8-12)16(22)20-15-4-2-3-13(15)17(23)24/h5-9,13,15H,2-4H2,1H3,(H,20,22)(H,23,24)/t13-,15+/m0/s1. The summed E-state index contributed by atoms with van der Waals surface area (Å²) < 4.78 is 1.66. The fourth-order valence-electron chi connectivity index (χ4n) is 3.15. The van der Waals surface area contributed by atoms with E-state index in [9.17, 15) is 14.7 Å². The molecule has 1 heterocycles. The Kier molecular flexibility index (Phi) is 4.57. The lowest BCUT2D eigenvalue weighted by Gasteiger charge is -2.17. The number of hydrogen-bond donors (Lipinski definition) is 2. The molecular formula is C17H18ClN3O3. The van der Waals surface area contributed by atoms with E-state index in [4.69, 9.17) is 11.6 Å². The van der Waals surface area contributed by atoms with Crippen LogP contribution >= 0.6 is 11.6 Å². The number of amides is 1. The van der Waals surface area contributed by atoms with Gasteiger partial charge in [-0.05, 0) is 44.0 Å². The summed E-state index contributed by atoms with van der Waals surface area (Å²) in [4.78, 5) is 23.7. The highest BCUT2D eigenvalue weighted by Crippen LogP contribution is 2.26. The van der Waals surface area contributed by atoms with E-state index in [0.717, 1.165) is 12.1 Å². The van der Waals surface area contributed by atoms with Crippen LogP contribution in [0.5, 0.6) is 0 Å². The van der Waals surface area contributed by atoms with Crippen molar-refractivity contribution in [2.24, 2.45) is 5.92 Å². The number of rotatable bonds is 4. The molecule has 0 aliphatic heterocycles. The number of aliphatic carboxylic acids is 1. The average molecular weight is 348 g/mol. The van der Waals surface area contributed by atoms with Crippen molar-refractivity contribution in [2.75, 3.05) is 0 Å². The quantitative estimate of drug-likeness (QED) is 0.890. The summed E-state index contributed by atoms with van der Waals surface area (Å²) in [5, 5.41) is 17.0. The van der Waals surface area contributed by atoms with Gasteiger partial charge in [0.1, 0.15) is 0 Å². The first kappa shape index (κ1) is 16.5. The van der Waals surface area contributed by atoms with Crippen LogP contribution in [0.1, 0.15) is 35.3 Å². The minimum absolute atomic E-state index is 0.286. The molecule has 1 aliphatic rings. The van der Waals surface area contributed by atoms with Gasteiger partial charge in [-0.25, -0.2) is 4.68 Å². The Balaban J connectivity index is 1.79. The van der Waals surface area contributed by atoms with Crippen LogP contribution in [0.15, 0.2) is 30.5 Å². The van der Waals surface area contributed by atoms with Gasteiger partial charge >= 0.3 is 5.97 Å². The maximum atomic E-state index is 12.5. The van der Waals surface area contributed by atoms with E-state index in [0.29, 0.717) is 29.1 Å². The van der Waals surface area contributed by atoms with Crippen LogP contribution in [-0.2, 0) is 4.79 Å². The predicted octanol–water partition coefficient (Wildman–Crippen LogP) is 2.82. The van der Waals surface area contributed by atoms with Crippen molar-refractivity contribution in [3.8, 4) is 5.69 Å². The van der Waals surface area contributed by atoms with Crippen LogP contribution in [0.2, 0.25) is 5.02 Å². The molecule has 2 N–H and O–H groups in total. The van der Waals surface area contributed by atoms with Gasteiger partial charge in [-0.2, -0.15) is 5.10 Å². The minimum atomic E-state index is -0.855. The molecule has 1 aliphatic carbocycles. The number of benzene rings is 1. The molecule has 7 heteroatoms. The number of carbonyl (C=O) groups is 2. The van der Waals surface area contributed by atoms with Crippen molar-refractivity contribution in [1.29, 1.82) is 0 Å². The largest absolute Gasteiger partial charge is 0.481 e. The van der Waals surface area contributed by atoms with Crippen LogP contribution in [0.4, 0.5) is 0 Å². The topological polar surface area (TPSA) is 84.2 Å². The molecule has 0 unspecified atom stereocenters. The van der Waals surface area contributed by atoms with Gasteiger partial charge in [-0.15, -0.1) is 0 Å². The van der Waals surface area contributed by atoms with E-state index in [2.05, 4.69) is 10.4 Å². The Hall–Kier alpha value is -2.34. The fourth-order valence-corrected chi connectivity index (χ4v) is 3.28. The van der Waals surface area contributed by atoms with Crippen LogP contribution in [0.25, 0.3) is 5.69 Å².